The van der Waals surface area contributed by atoms with Crippen LogP contribution in [0.4, 0.5) is 19.0 Å². The molecule has 3 N–H and O–H groups in total. The van der Waals surface area contributed by atoms with Crippen LogP contribution in [0.3, 0.4) is 0 Å². The number of rotatable bonds is 1. The third kappa shape index (κ3) is 2.37. The average molecular weight is 234 g/mol. The summed E-state index contributed by atoms with van der Waals surface area (Å²) in [5, 5.41) is 0. The van der Waals surface area contributed by atoms with Crippen molar-refractivity contribution in [1.29, 1.82) is 0 Å². The Morgan fingerprint density at radius 1 is 1.31 bits per heavy atom. The maximum absolute atomic E-state index is 12.3. The second kappa shape index (κ2) is 3.54. The molecule has 1 rings (SSSR count). The number of carbonyl (C=O) groups excluding carboxylic acids is 1. The van der Waals surface area contributed by atoms with Gasteiger partial charge in [0.15, 0.2) is 5.78 Å². The number of hydrogen-bond acceptors (Lipinski definition) is 2. The normalized spacial score (nSPS) is 12.9. The van der Waals surface area contributed by atoms with Crippen molar-refractivity contribution < 1.29 is 18.0 Å². The van der Waals surface area contributed by atoms with E-state index in [0.29, 0.717) is 0 Å². The second-order valence-electron chi connectivity index (χ2n) is 4.59. The number of aromatic nitrogens is 1. The lowest BCUT2D eigenvalue weighted by molar-refractivity contribution is -0.140. The van der Waals surface area contributed by atoms with Gasteiger partial charge in [-0.05, 0) is 6.07 Å². The molecule has 0 atom stereocenters. The van der Waals surface area contributed by atoms with Gasteiger partial charge >= 0.3 is 6.18 Å². The maximum atomic E-state index is 12.3. The fourth-order valence-electron chi connectivity index (χ4n) is 1.22. The molecule has 0 fully saturated rings. The maximum Gasteiger partial charge on any atom is 0.431 e. The zero-order valence-electron chi connectivity index (χ0n) is 9.20. The molecule has 1 heterocycles. The molecule has 1 aromatic heterocycles. The Kier molecular flexibility index (Phi) is 2.79. The average Bonchev–Trinajstić information content (AvgIpc) is 2.43. The van der Waals surface area contributed by atoms with Gasteiger partial charge in [-0.1, -0.05) is 20.8 Å². The largest absolute Gasteiger partial charge is 0.431 e. The van der Waals surface area contributed by atoms with Crippen LogP contribution in [0.15, 0.2) is 6.07 Å². The SMILES string of the molecule is CC(C)(C)C(=O)c1cc(C(F)(F)F)[nH]c1N. The lowest BCUT2D eigenvalue weighted by Gasteiger charge is -2.15. The van der Waals surface area contributed by atoms with Crippen molar-refractivity contribution in [3.8, 4) is 0 Å². The number of carbonyl (C=O) groups is 1. The Hall–Kier alpha value is -1.46. The minimum Gasteiger partial charge on any atom is -0.385 e. The van der Waals surface area contributed by atoms with Crippen LogP contribution in [0.25, 0.3) is 0 Å². The van der Waals surface area contributed by atoms with E-state index in [1.54, 1.807) is 20.8 Å². The summed E-state index contributed by atoms with van der Waals surface area (Å²) in [7, 11) is 0. The molecular weight excluding hydrogens is 221 g/mol. The lowest BCUT2D eigenvalue weighted by atomic mass is 9.87. The number of nitrogens with one attached hydrogen (secondary N) is 1. The van der Waals surface area contributed by atoms with E-state index < -0.39 is 23.1 Å². The fourth-order valence-corrected chi connectivity index (χ4v) is 1.22. The number of aromatic amines is 1. The standard InChI is InChI=1S/C10H13F3N2O/c1-9(2,3)7(16)5-4-6(10(11,12)13)15-8(5)14/h4,15H,14H2,1-3H3. The first-order valence-electron chi connectivity index (χ1n) is 4.64. The highest BCUT2D eigenvalue weighted by Crippen LogP contribution is 2.33. The van der Waals surface area contributed by atoms with E-state index in [2.05, 4.69) is 0 Å². The summed E-state index contributed by atoms with van der Waals surface area (Å²) in [5.74, 6) is -0.663. The summed E-state index contributed by atoms with van der Waals surface area (Å²) in [6.45, 7) is 4.86. The van der Waals surface area contributed by atoms with Crippen molar-refractivity contribution in [2.45, 2.75) is 26.9 Å². The van der Waals surface area contributed by atoms with Gasteiger partial charge in [0.1, 0.15) is 11.5 Å². The van der Waals surface area contributed by atoms with E-state index >= 15 is 0 Å². The molecule has 0 saturated heterocycles. The summed E-state index contributed by atoms with van der Waals surface area (Å²) in [6.07, 6.45) is -4.52. The van der Waals surface area contributed by atoms with Crippen molar-refractivity contribution in [3.63, 3.8) is 0 Å². The van der Waals surface area contributed by atoms with Crippen LogP contribution in [0.1, 0.15) is 36.8 Å². The Balaban J connectivity index is 3.18. The molecule has 3 nitrogen and oxygen atoms in total. The third-order valence-electron chi connectivity index (χ3n) is 2.08. The van der Waals surface area contributed by atoms with Gasteiger partial charge in [0.2, 0.25) is 0 Å². The number of H-pyrrole nitrogens is 1. The van der Waals surface area contributed by atoms with E-state index in [-0.39, 0.29) is 11.4 Å². The molecule has 6 heteroatoms. The van der Waals surface area contributed by atoms with Gasteiger partial charge in [0, 0.05) is 5.41 Å². The summed E-state index contributed by atoms with van der Waals surface area (Å²) in [6, 6.07) is 0.753. The van der Waals surface area contributed by atoms with Crippen molar-refractivity contribution >= 4 is 11.6 Å². The predicted molar refractivity (Wildman–Crippen MR) is 54.0 cm³/mol. The number of alkyl halides is 3. The molecule has 0 amide bonds. The van der Waals surface area contributed by atoms with Crippen LogP contribution in [0.2, 0.25) is 0 Å². The zero-order chi connectivity index (χ0) is 12.7. The molecule has 0 aliphatic rings. The van der Waals surface area contributed by atoms with Crippen LogP contribution >= 0.6 is 0 Å². The summed E-state index contributed by atoms with van der Waals surface area (Å²) in [5.41, 5.74) is 3.48. The monoisotopic (exact) mass is 234 g/mol. The number of ketones is 1. The molecule has 16 heavy (non-hydrogen) atoms. The van der Waals surface area contributed by atoms with Crippen molar-refractivity contribution in [2.75, 3.05) is 5.73 Å². The molecule has 0 unspecified atom stereocenters. The topological polar surface area (TPSA) is 58.9 Å². The van der Waals surface area contributed by atoms with Crippen LogP contribution in [-0.4, -0.2) is 10.8 Å². The van der Waals surface area contributed by atoms with Gasteiger partial charge in [0.05, 0.1) is 5.56 Å². The number of anilines is 1. The molecule has 0 saturated carbocycles. The van der Waals surface area contributed by atoms with E-state index in [1.807, 2.05) is 4.98 Å². The number of hydrogen-bond donors (Lipinski definition) is 2. The Bertz CT molecular complexity index is 413. The third-order valence-corrected chi connectivity index (χ3v) is 2.08. The van der Waals surface area contributed by atoms with Crippen molar-refractivity contribution in [3.05, 3.63) is 17.3 Å². The zero-order valence-corrected chi connectivity index (χ0v) is 9.20. The lowest BCUT2D eigenvalue weighted by Crippen LogP contribution is -2.20. The Morgan fingerprint density at radius 2 is 1.81 bits per heavy atom. The first-order valence-corrected chi connectivity index (χ1v) is 4.64. The molecule has 0 aromatic carbocycles. The van der Waals surface area contributed by atoms with Crippen molar-refractivity contribution in [2.24, 2.45) is 5.41 Å². The molecule has 1 aromatic rings. The molecule has 0 spiro atoms. The van der Waals surface area contributed by atoms with Crippen LogP contribution < -0.4 is 5.73 Å². The molecule has 0 bridgehead atoms. The second-order valence-corrected chi connectivity index (χ2v) is 4.59. The van der Waals surface area contributed by atoms with E-state index in [0.717, 1.165) is 6.07 Å². The summed E-state index contributed by atoms with van der Waals surface area (Å²) < 4.78 is 37.0. The molecule has 0 aliphatic carbocycles. The minimum absolute atomic E-state index is 0.111. The fraction of sp³-hybridized carbons (Fsp3) is 0.500. The van der Waals surface area contributed by atoms with Crippen LogP contribution in [0.5, 0.6) is 0 Å². The van der Waals surface area contributed by atoms with Gasteiger partial charge in [-0.2, -0.15) is 13.2 Å². The predicted octanol–water partition coefficient (Wildman–Crippen LogP) is 2.84. The quantitative estimate of drug-likeness (QED) is 0.734. The molecule has 90 valence electrons. The van der Waals surface area contributed by atoms with Gasteiger partial charge in [-0.25, -0.2) is 0 Å². The highest BCUT2D eigenvalue weighted by molar-refractivity contribution is 6.03. The highest BCUT2D eigenvalue weighted by Gasteiger charge is 2.35. The number of halogens is 3. The molecule has 0 radical (unpaired) electrons. The van der Waals surface area contributed by atoms with E-state index in [1.165, 1.54) is 0 Å². The van der Waals surface area contributed by atoms with Gasteiger partial charge in [0.25, 0.3) is 0 Å². The van der Waals surface area contributed by atoms with Crippen molar-refractivity contribution in [1.82, 2.24) is 4.98 Å². The Morgan fingerprint density at radius 3 is 2.12 bits per heavy atom. The smallest absolute Gasteiger partial charge is 0.385 e. The van der Waals surface area contributed by atoms with Gasteiger partial charge < -0.3 is 10.7 Å². The highest BCUT2D eigenvalue weighted by atomic mass is 19.4. The first-order chi connectivity index (χ1) is 7.03. The van der Waals surface area contributed by atoms with Crippen LogP contribution in [0, 0.1) is 5.41 Å². The van der Waals surface area contributed by atoms with Gasteiger partial charge in [-0.3, -0.25) is 4.79 Å². The number of nitrogens with two attached hydrogens (primary N) is 1. The van der Waals surface area contributed by atoms with Crippen LogP contribution in [-0.2, 0) is 6.18 Å². The molecule has 0 aliphatic heterocycles. The summed E-state index contributed by atoms with van der Waals surface area (Å²) in [4.78, 5) is 13.7. The first kappa shape index (κ1) is 12.6. The van der Waals surface area contributed by atoms with E-state index in [4.69, 9.17) is 5.73 Å². The van der Waals surface area contributed by atoms with Gasteiger partial charge in [-0.15, -0.1) is 0 Å². The number of Topliss-reactive ketones (excluding diaryl/α,β-unsaturated/α-hetero) is 1. The Labute approximate surface area is 90.8 Å². The minimum atomic E-state index is -4.52. The number of nitrogen functional groups attached to an aromatic ring is 1. The molecular formula is C10H13F3N2O. The summed E-state index contributed by atoms with van der Waals surface area (Å²) >= 11 is 0. The van der Waals surface area contributed by atoms with E-state index in [9.17, 15) is 18.0 Å².